The van der Waals surface area contributed by atoms with Gasteiger partial charge >= 0.3 is 0 Å². The molecule has 1 aliphatic carbocycles. The van der Waals surface area contributed by atoms with Crippen LogP contribution >= 0.6 is 0 Å². The molecule has 0 radical (unpaired) electrons. The molecule has 2 aromatic rings. The number of hydrogen-bond acceptors (Lipinski definition) is 6. The van der Waals surface area contributed by atoms with Gasteiger partial charge in [-0.15, -0.1) is 0 Å². The summed E-state index contributed by atoms with van der Waals surface area (Å²) >= 11 is 0. The van der Waals surface area contributed by atoms with Crippen molar-refractivity contribution in [2.45, 2.75) is 77.5 Å². The molecule has 5 rings (SSSR count). The number of hydrogen-bond donors (Lipinski definition) is 1. The molecule has 1 amide bonds. The van der Waals surface area contributed by atoms with Crippen LogP contribution in [0.2, 0.25) is 0 Å². The fourth-order valence-corrected chi connectivity index (χ4v) is 5.25. The number of rotatable bonds is 5. The Morgan fingerprint density at radius 1 is 1.09 bits per heavy atom. The zero-order valence-corrected chi connectivity index (χ0v) is 20.0. The lowest BCUT2D eigenvalue weighted by molar-refractivity contribution is 0.0526. The standard InChI is InChI=1S/C26H35N5O2/c1-17(2)31-16-22-23(25(31)32)28-26(30-13-14-33-18(3)15-30)29-24(22)27-21-11-9-20(10-12-21)19-7-5-4-6-8-19/h9-12,17-19H,4-8,13-16H2,1-3H3,(H,27,28,29)/t18-/m1/s1. The van der Waals surface area contributed by atoms with Crippen molar-refractivity contribution in [3.8, 4) is 0 Å². The average molecular weight is 450 g/mol. The molecule has 1 saturated heterocycles. The van der Waals surface area contributed by atoms with Crippen molar-refractivity contribution in [3.05, 3.63) is 41.1 Å². The first-order valence-electron chi connectivity index (χ1n) is 12.4. The van der Waals surface area contributed by atoms with Gasteiger partial charge in [0.1, 0.15) is 11.5 Å². The van der Waals surface area contributed by atoms with E-state index in [1.54, 1.807) is 0 Å². The second-order valence-electron chi connectivity index (χ2n) is 9.94. The summed E-state index contributed by atoms with van der Waals surface area (Å²) < 4.78 is 5.69. The molecule has 2 fully saturated rings. The number of carbonyl (C=O) groups excluding carboxylic acids is 1. The van der Waals surface area contributed by atoms with Crippen LogP contribution in [0.1, 0.15) is 80.4 Å². The van der Waals surface area contributed by atoms with Crippen molar-refractivity contribution >= 4 is 23.4 Å². The van der Waals surface area contributed by atoms with Crippen LogP contribution in [0.25, 0.3) is 0 Å². The number of nitrogens with zero attached hydrogens (tertiary/aromatic N) is 4. The Morgan fingerprint density at radius 3 is 2.55 bits per heavy atom. The fraction of sp³-hybridized carbons (Fsp3) is 0.577. The van der Waals surface area contributed by atoms with E-state index in [1.807, 2.05) is 18.7 Å². The molecule has 0 bridgehead atoms. The summed E-state index contributed by atoms with van der Waals surface area (Å²) in [4.78, 5) is 26.8. The molecule has 0 unspecified atom stereocenters. The third-order valence-corrected chi connectivity index (χ3v) is 7.18. The number of nitrogens with one attached hydrogen (secondary N) is 1. The van der Waals surface area contributed by atoms with Crippen LogP contribution in [-0.2, 0) is 11.3 Å². The summed E-state index contributed by atoms with van der Waals surface area (Å²) in [5, 5.41) is 3.52. The smallest absolute Gasteiger partial charge is 0.273 e. The summed E-state index contributed by atoms with van der Waals surface area (Å²) in [5.74, 6) is 2.00. The monoisotopic (exact) mass is 449 g/mol. The van der Waals surface area contributed by atoms with Gasteiger partial charge in [0.05, 0.1) is 19.3 Å². The number of benzene rings is 1. The zero-order valence-electron chi connectivity index (χ0n) is 20.0. The van der Waals surface area contributed by atoms with E-state index in [4.69, 9.17) is 14.7 Å². The SMILES string of the molecule is CC(C)N1Cc2c(Nc3ccc(C4CCCCC4)cc3)nc(N3CCO[C@H](C)C3)nc2C1=O. The number of carbonyl (C=O) groups is 1. The molecule has 1 aromatic carbocycles. The first-order valence-corrected chi connectivity index (χ1v) is 12.4. The number of anilines is 3. The molecule has 33 heavy (non-hydrogen) atoms. The largest absolute Gasteiger partial charge is 0.375 e. The van der Waals surface area contributed by atoms with Crippen molar-refractivity contribution in [1.29, 1.82) is 0 Å². The second-order valence-corrected chi connectivity index (χ2v) is 9.94. The van der Waals surface area contributed by atoms with Gasteiger partial charge < -0.3 is 19.9 Å². The zero-order chi connectivity index (χ0) is 22.9. The Labute approximate surface area is 196 Å². The summed E-state index contributed by atoms with van der Waals surface area (Å²) in [6.45, 7) is 8.75. The molecule has 3 aliphatic rings. The van der Waals surface area contributed by atoms with Crippen LogP contribution in [0.5, 0.6) is 0 Å². The van der Waals surface area contributed by atoms with Crippen LogP contribution in [0.3, 0.4) is 0 Å². The highest BCUT2D eigenvalue weighted by Crippen LogP contribution is 2.35. The molecule has 1 atom stereocenters. The second kappa shape index (κ2) is 9.29. The molecule has 1 aromatic heterocycles. The maximum absolute atomic E-state index is 13.1. The fourth-order valence-electron chi connectivity index (χ4n) is 5.25. The van der Waals surface area contributed by atoms with E-state index < -0.39 is 0 Å². The maximum atomic E-state index is 13.1. The van der Waals surface area contributed by atoms with Crippen molar-refractivity contribution in [2.75, 3.05) is 29.9 Å². The van der Waals surface area contributed by atoms with Gasteiger partial charge in [0.15, 0.2) is 0 Å². The van der Waals surface area contributed by atoms with Gasteiger partial charge in [-0.05, 0) is 57.2 Å². The molecular formula is C26H35N5O2. The molecule has 176 valence electrons. The topological polar surface area (TPSA) is 70.6 Å². The molecule has 7 nitrogen and oxygen atoms in total. The van der Waals surface area contributed by atoms with Crippen LogP contribution < -0.4 is 10.2 Å². The number of aromatic nitrogens is 2. The third kappa shape index (κ3) is 4.56. The van der Waals surface area contributed by atoms with E-state index in [0.29, 0.717) is 30.7 Å². The van der Waals surface area contributed by atoms with Crippen LogP contribution in [0.15, 0.2) is 24.3 Å². The van der Waals surface area contributed by atoms with Crippen LogP contribution in [-0.4, -0.2) is 52.6 Å². The van der Waals surface area contributed by atoms with Gasteiger partial charge in [-0.3, -0.25) is 4.79 Å². The molecule has 2 aliphatic heterocycles. The molecule has 3 heterocycles. The first-order chi connectivity index (χ1) is 16.0. The normalized spacial score (nSPS) is 21.6. The van der Waals surface area contributed by atoms with E-state index in [0.717, 1.165) is 30.2 Å². The van der Waals surface area contributed by atoms with Gasteiger partial charge in [-0.2, -0.15) is 4.98 Å². The highest BCUT2D eigenvalue weighted by atomic mass is 16.5. The summed E-state index contributed by atoms with van der Waals surface area (Å²) in [7, 11) is 0. The molecule has 7 heteroatoms. The highest BCUT2D eigenvalue weighted by molar-refractivity contribution is 5.98. The summed E-state index contributed by atoms with van der Waals surface area (Å²) in [6, 6.07) is 8.89. The lowest BCUT2D eigenvalue weighted by atomic mass is 9.84. The maximum Gasteiger partial charge on any atom is 0.273 e. The average Bonchev–Trinajstić information content (AvgIpc) is 3.17. The van der Waals surface area contributed by atoms with Gasteiger partial charge in [-0.1, -0.05) is 31.4 Å². The quantitative estimate of drug-likeness (QED) is 0.703. The lowest BCUT2D eigenvalue weighted by Gasteiger charge is -2.31. The summed E-state index contributed by atoms with van der Waals surface area (Å²) in [5.41, 5.74) is 3.83. The predicted octanol–water partition coefficient (Wildman–Crippen LogP) is 4.86. The number of fused-ring (bicyclic) bond motifs is 1. The highest BCUT2D eigenvalue weighted by Gasteiger charge is 2.35. The van der Waals surface area contributed by atoms with E-state index in [9.17, 15) is 4.79 Å². The van der Waals surface area contributed by atoms with Crippen molar-refractivity contribution in [3.63, 3.8) is 0 Å². The minimum Gasteiger partial charge on any atom is -0.375 e. The summed E-state index contributed by atoms with van der Waals surface area (Å²) in [6.07, 6.45) is 6.73. The Hall–Kier alpha value is -2.67. The van der Waals surface area contributed by atoms with E-state index in [1.165, 1.54) is 37.7 Å². The predicted molar refractivity (Wildman–Crippen MR) is 130 cm³/mol. The molecule has 0 spiro atoms. The first kappa shape index (κ1) is 22.1. The van der Waals surface area contributed by atoms with Gasteiger partial charge in [0.25, 0.3) is 5.91 Å². The Morgan fingerprint density at radius 2 is 1.85 bits per heavy atom. The van der Waals surface area contributed by atoms with Gasteiger partial charge in [0.2, 0.25) is 5.95 Å². The van der Waals surface area contributed by atoms with Crippen LogP contribution in [0, 0.1) is 0 Å². The van der Waals surface area contributed by atoms with E-state index in [-0.39, 0.29) is 18.1 Å². The van der Waals surface area contributed by atoms with Crippen molar-refractivity contribution < 1.29 is 9.53 Å². The number of ether oxygens (including phenoxy) is 1. The van der Waals surface area contributed by atoms with Crippen molar-refractivity contribution in [1.82, 2.24) is 14.9 Å². The minimum absolute atomic E-state index is 0.0133. The van der Waals surface area contributed by atoms with Crippen LogP contribution in [0.4, 0.5) is 17.5 Å². The van der Waals surface area contributed by atoms with Gasteiger partial charge in [-0.25, -0.2) is 4.98 Å². The van der Waals surface area contributed by atoms with E-state index in [2.05, 4.69) is 41.4 Å². The Bertz CT molecular complexity index is 1000. The molecule has 1 saturated carbocycles. The van der Waals surface area contributed by atoms with E-state index >= 15 is 0 Å². The number of amides is 1. The molecule has 1 N–H and O–H groups in total. The number of morpholine rings is 1. The molecular weight excluding hydrogens is 414 g/mol. The third-order valence-electron chi connectivity index (χ3n) is 7.18. The Balaban J connectivity index is 1.44. The Kier molecular flexibility index (Phi) is 6.23. The minimum atomic E-state index is -0.0133. The van der Waals surface area contributed by atoms with Crippen molar-refractivity contribution in [2.24, 2.45) is 0 Å². The lowest BCUT2D eigenvalue weighted by Crippen LogP contribution is -2.42. The van der Waals surface area contributed by atoms with Gasteiger partial charge in [0, 0.05) is 30.4 Å².